The molecule has 0 aromatic heterocycles. The minimum atomic E-state index is -0.454. The number of benzene rings is 1. The summed E-state index contributed by atoms with van der Waals surface area (Å²) in [5.74, 6) is -0.950. The van der Waals surface area contributed by atoms with Crippen molar-refractivity contribution >= 4 is 5.91 Å². The molecule has 1 aliphatic carbocycles. The Bertz CT molecular complexity index is 487. The molecule has 1 unspecified atom stereocenters. The molecule has 0 radical (unpaired) electrons. The van der Waals surface area contributed by atoms with Gasteiger partial charge in [-0.25, -0.2) is 4.39 Å². The van der Waals surface area contributed by atoms with Crippen LogP contribution in [0.4, 0.5) is 4.39 Å². The van der Waals surface area contributed by atoms with Crippen LogP contribution in [0.1, 0.15) is 44.2 Å². The monoisotopic (exact) mass is 280 g/mol. The summed E-state index contributed by atoms with van der Waals surface area (Å²) in [6.07, 6.45) is 4.28. The number of rotatable bonds is 5. The molecule has 0 spiro atoms. The first-order chi connectivity index (χ1) is 9.49. The number of nitrogens with two attached hydrogens (primary N) is 1. The van der Waals surface area contributed by atoms with E-state index in [0.717, 1.165) is 31.7 Å². The van der Waals surface area contributed by atoms with Crippen LogP contribution in [0.15, 0.2) is 18.2 Å². The van der Waals surface area contributed by atoms with Crippen molar-refractivity contribution in [3.63, 3.8) is 0 Å². The Kier molecular flexibility index (Phi) is 4.60. The Morgan fingerprint density at radius 2 is 2.15 bits per heavy atom. The van der Waals surface area contributed by atoms with Crippen molar-refractivity contribution in [3.8, 4) is 5.75 Å². The Hall–Kier alpha value is -1.62. The average molecular weight is 280 g/mol. The molecule has 4 nitrogen and oxygen atoms in total. The number of aromatic hydroxyl groups is 1. The van der Waals surface area contributed by atoms with Crippen molar-refractivity contribution in [2.45, 2.75) is 44.7 Å². The number of carbonyl (C=O) groups excluding carboxylic acids is 1. The zero-order valence-corrected chi connectivity index (χ0v) is 11.7. The Labute approximate surface area is 118 Å². The number of phenols is 1. The number of halogens is 1. The standard InChI is InChI=1S/C15H21FN2O2/c1-10(13-7-6-12(19)8-14(13)16)18(9-15(17)20)11-4-2-3-5-11/h6-8,10-11,19H,2-5,9H2,1H3,(H2,17,20). The molecule has 1 fully saturated rings. The minimum absolute atomic E-state index is 0.0965. The van der Waals surface area contributed by atoms with Crippen LogP contribution < -0.4 is 5.73 Å². The fourth-order valence-corrected chi connectivity index (χ4v) is 3.03. The van der Waals surface area contributed by atoms with Gasteiger partial charge >= 0.3 is 0 Å². The maximum absolute atomic E-state index is 14.0. The van der Waals surface area contributed by atoms with E-state index >= 15 is 0 Å². The van der Waals surface area contributed by atoms with E-state index in [2.05, 4.69) is 0 Å². The summed E-state index contributed by atoms with van der Waals surface area (Å²) in [5, 5.41) is 9.29. The Balaban J connectivity index is 2.24. The van der Waals surface area contributed by atoms with E-state index in [9.17, 15) is 14.3 Å². The largest absolute Gasteiger partial charge is 0.508 e. The number of phenolic OH excluding ortho intramolecular Hbond substituents is 1. The highest BCUT2D eigenvalue weighted by atomic mass is 19.1. The number of hydrogen-bond donors (Lipinski definition) is 2. The highest BCUT2D eigenvalue weighted by Crippen LogP contribution is 2.32. The van der Waals surface area contributed by atoms with Crippen molar-refractivity contribution in [2.24, 2.45) is 5.73 Å². The quantitative estimate of drug-likeness (QED) is 0.870. The van der Waals surface area contributed by atoms with E-state index in [-0.39, 0.29) is 24.4 Å². The van der Waals surface area contributed by atoms with Gasteiger partial charge in [0.1, 0.15) is 11.6 Å². The van der Waals surface area contributed by atoms with E-state index in [1.165, 1.54) is 6.07 Å². The lowest BCUT2D eigenvalue weighted by atomic mass is 10.0. The number of carbonyl (C=O) groups is 1. The van der Waals surface area contributed by atoms with Crippen molar-refractivity contribution in [2.75, 3.05) is 6.54 Å². The van der Waals surface area contributed by atoms with E-state index in [4.69, 9.17) is 5.73 Å². The van der Waals surface area contributed by atoms with Crippen molar-refractivity contribution in [1.82, 2.24) is 4.90 Å². The van der Waals surface area contributed by atoms with Crippen LogP contribution in [0.5, 0.6) is 5.75 Å². The summed E-state index contributed by atoms with van der Waals surface area (Å²) in [4.78, 5) is 13.3. The van der Waals surface area contributed by atoms with Gasteiger partial charge in [-0.15, -0.1) is 0 Å². The molecule has 0 saturated heterocycles. The van der Waals surface area contributed by atoms with E-state index in [1.807, 2.05) is 11.8 Å². The molecule has 2 rings (SSSR count). The van der Waals surface area contributed by atoms with Crippen LogP contribution in [0.3, 0.4) is 0 Å². The highest BCUT2D eigenvalue weighted by molar-refractivity contribution is 5.76. The van der Waals surface area contributed by atoms with Crippen LogP contribution in [0.25, 0.3) is 0 Å². The van der Waals surface area contributed by atoms with Crippen LogP contribution in [-0.2, 0) is 4.79 Å². The third-order valence-electron chi connectivity index (χ3n) is 4.06. The fraction of sp³-hybridized carbons (Fsp3) is 0.533. The van der Waals surface area contributed by atoms with E-state index in [1.54, 1.807) is 6.07 Å². The predicted octanol–water partition coefficient (Wildman–Crippen LogP) is 2.32. The molecular weight excluding hydrogens is 259 g/mol. The maximum Gasteiger partial charge on any atom is 0.231 e. The van der Waals surface area contributed by atoms with Crippen molar-refractivity contribution in [3.05, 3.63) is 29.6 Å². The van der Waals surface area contributed by atoms with Gasteiger partial charge in [-0.3, -0.25) is 9.69 Å². The summed E-state index contributed by atoms with van der Waals surface area (Å²) < 4.78 is 14.0. The van der Waals surface area contributed by atoms with Gasteiger partial charge in [0.25, 0.3) is 0 Å². The van der Waals surface area contributed by atoms with Crippen LogP contribution in [-0.4, -0.2) is 28.5 Å². The number of nitrogens with zero attached hydrogens (tertiary/aromatic N) is 1. The smallest absolute Gasteiger partial charge is 0.231 e. The molecule has 0 heterocycles. The molecule has 5 heteroatoms. The highest BCUT2D eigenvalue weighted by Gasteiger charge is 2.29. The van der Waals surface area contributed by atoms with Gasteiger partial charge in [0, 0.05) is 23.7 Å². The number of primary amides is 1. The first-order valence-corrected chi connectivity index (χ1v) is 7.01. The van der Waals surface area contributed by atoms with Gasteiger partial charge in [-0.2, -0.15) is 0 Å². The first-order valence-electron chi connectivity index (χ1n) is 7.01. The van der Waals surface area contributed by atoms with Gasteiger partial charge in [0.05, 0.1) is 6.54 Å². The molecule has 1 aliphatic rings. The summed E-state index contributed by atoms with van der Waals surface area (Å²) in [6.45, 7) is 2.00. The zero-order valence-electron chi connectivity index (χ0n) is 11.7. The van der Waals surface area contributed by atoms with Gasteiger partial charge in [-0.1, -0.05) is 18.9 Å². The molecule has 110 valence electrons. The van der Waals surface area contributed by atoms with Gasteiger partial charge in [-0.05, 0) is 25.8 Å². The second kappa shape index (κ2) is 6.22. The molecular formula is C15H21FN2O2. The van der Waals surface area contributed by atoms with E-state index in [0.29, 0.717) is 5.56 Å². The Morgan fingerprint density at radius 3 is 2.70 bits per heavy atom. The molecule has 0 aliphatic heterocycles. The number of amides is 1. The Morgan fingerprint density at radius 1 is 1.50 bits per heavy atom. The molecule has 1 atom stereocenters. The lowest BCUT2D eigenvalue weighted by Gasteiger charge is -2.33. The average Bonchev–Trinajstić information content (AvgIpc) is 2.88. The maximum atomic E-state index is 14.0. The van der Waals surface area contributed by atoms with Gasteiger partial charge < -0.3 is 10.8 Å². The molecule has 1 aromatic carbocycles. The fourth-order valence-electron chi connectivity index (χ4n) is 3.03. The van der Waals surface area contributed by atoms with Gasteiger partial charge in [0.15, 0.2) is 0 Å². The second-order valence-electron chi connectivity index (χ2n) is 5.46. The summed E-state index contributed by atoms with van der Waals surface area (Å²) in [7, 11) is 0. The van der Waals surface area contributed by atoms with Crippen LogP contribution >= 0.6 is 0 Å². The molecule has 1 aromatic rings. The summed E-state index contributed by atoms with van der Waals surface area (Å²) in [5.41, 5.74) is 5.81. The molecule has 1 saturated carbocycles. The third-order valence-corrected chi connectivity index (χ3v) is 4.06. The molecule has 20 heavy (non-hydrogen) atoms. The lowest BCUT2D eigenvalue weighted by molar-refractivity contribution is -0.120. The third kappa shape index (κ3) is 3.28. The molecule has 0 bridgehead atoms. The van der Waals surface area contributed by atoms with Crippen molar-refractivity contribution < 1.29 is 14.3 Å². The lowest BCUT2D eigenvalue weighted by Crippen LogP contribution is -2.41. The van der Waals surface area contributed by atoms with E-state index < -0.39 is 11.7 Å². The molecule has 1 amide bonds. The van der Waals surface area contributed by atoms with Gasteiger partial charge in [0.2, 0.25) is 5.91 Å². The van der Waals surface area contributed by atoms with Crippen LogP contribution in [0.2, 0.25) is 0 Å². The second-order valence-corrected chi connectivity index (χ2v) is 5.46. The minimum Gasteiger partial charge on any atom is -0.508 e. The summed E-state index contributed by atoms with van der Waals surface area (Å²) in [6, 6.07) is 4.16. The van der Waals surface area contributed by atoms with Crippen LogP contribution in [0, 0.1) is 5.82 Å². The topological polar surface area (TPSA) is 66.6 Å². The van der Waals surface area contributed by atoms with Crippen molar-refractivity contribution in [1.29, 1.82) is 0 Å². The zero-order chi connectivity index (χ0) is 14.7. The number of hydrogen-bond acceptors (Lipinski definition) is 3. The molecule has 3 N–H and O–H groups in total. The first kappa shape index (κ1) is 14.8. The SMILES string of the molecule is CC(c1ccc(O)cc1F)N(CC(N)=O)C1CCCC1. The predicted molar refractivity (Wildman–Crippen MR) is 74.6 cm³/mol. The normalized spacial score (nSPS) is 17.6. The summed E-state index contributed by atoms with van der Waals surface area (Å²) >= 11 is 0.